The van der Waals surface area contributed by atoms with E-state index in [-0.39, 0.29) is 11.1 Å². The molecule has 1 N–H and O–H groups in total. The highest BCUT2D eigenvalue weighted by atomic mass is 19.3. The summed E-state index contributed by atoms with van der Waals surface area (Å²) in [4.78, 5) is 20.4. The molecule has 0 atom stereocenters. The molecule has 1 aromatic rings. The monoisotopic (exact) mass is 261 g/mol. The maximum absolute atomic E-state index is 12.2. The number of carboxylic acid groups (broad SMARTS) is 1. The summed E-state index contributed by atoms with van der Waals surface area (Å²) >= 11 is 0. The molecule has 1 aromatic carbocycles. The molecule has 1 rings (SSSR count). The lowest BCUT2D eigenvalue weighted by Crippen LogP contribution is -2.09. The molecule has 0 saturated carbocycles. The zero-order valence-corrected chi connectivity index (χ0v) is 9.22. The van der Waals surface area contributed by atoms with Crippen LogP contribution in [0.2, 0.25) is 0 Å². The fourth-order valence-electron chi connectivity index (χ4n) is 1.45. The van der Waals surface area contributed by atoms with Gasteiger partial charge in [-0.1, -0.05) is 0 Å². The predicted molar refractivity (Wildman–Crippen MR) is 55.8 cm³/mol. The van der Waals surface area contributed by atoms with Gasteiger partial charge in [-0.05, 0) is 12.5 Å². The Morgan fingerprint density at radius 2 is 2.17 bits per heavy atom. The predicted octanol–water partition coefficient (Wildman–Crippen LogP) is 2.13. The van der Waals surface area contributed by atoms with Crippen LogP contribution in [-0.4, -0.2) is 22.6 Å². The number of nitro groups is 1. The number of nitrogens with zero attached hydrogens (tertiary/aromatic N) is 1. The Morgan fingerprint density at radius 1 is 1.56 bits per heavy atom. The Labute approximate surface area is 99.9 Å². The van der Waals surface area contributed by atoms with Crippen molar-refractivity contribution in [3.8, 4) is 5.75 Å². The number of rotatable bonds is 5. The van der Waals surface area contributed by atoms with Crippen LogP contribution in [-0.2, 0) is 11.2 Å². The first-order valence-electron chi connectivity index (χ1n) is 4.75. The van der Waals surface area contributed by atoms with E-state index < -0.39 is 35.4 Å². The Kier molecular flexibility index (Phi) is 4.13. The van der Waals surface area contributed by atoms with Crippen LogP contribution in [0.3, 0.4) is 0 Å². The van der Waals surface area contributed by atoms with Crippen molar-refractivity contribution in [2.24, 2.45) is 0 Å². The van der Waals surface area contributed by atoms with Crippen LogP contribution in [0.15, 0.2) is 12.1 Å². The maximum atomic E-state index is 12.2. The molecule has 6 nitrogen and oxygen atoms in total. The van der Waals surface area contributed by atoms with Gasteiger partial charge in [0.25, 0.3) is 5.69 Å². The quantitative estimate of drug-likeness (QED) is 0.647. The third kappa shape index (κ3) is 3.37. The van der Waals surface area contributed by atoms with Gasteiger partial charge in [0.2, 0.25) is 0 Å². The van der Waals surface area contributed by atoms with Crippen LogP contribution >= 0.6 is 0 Å². The number of hydrogen-bond acceptors (Lipinski definition) is 4. The number of nitro benzene ring substituents is 1. The molecule has 0 heterocycles. The van der Waals surface area contributed by atoms with Crippen molar-refractivity contribution in [3.05, 3.63) is 33.4 Å². The van der Waals surface area contributed by atoms with Crippen molar-refractivity contribution in [2.75, 3.05) is 0 Å². The Balaban J connectivity index is 3.29. The molecule has 0 aliphatic carbocycles. The molecule has 98 valence electrons. The lowest BCUT2D eigenvalue weighted by molar-refractivity contribution is -0.385. The largest absolute Gasteiger partial charge is 0.481 e. The van der Waals surface area contributed by atoms with E-state index in [4.69, 9.17) is 5.11 Å². The molecule has 18 heavy (non-hydrogen) atoms. The second-order valence-electron chi connectivity index (χ2n) is 3.45. The number of halogens is 2. The van der Waals surface area contributed by atoms with Crippen LogP contribution in [0.5, 0.6) is 5.75 Å². The second-order valence-corrected chi connectivity index (χ2v) is 3.45. The van der Waals surface area contributed by atoms with Crippen molar-refractivity contribution in [1.29, 1.82) is 0 Å². The SMILES string of the molecule is Cc1cc([N+](=O)[O-])cc(OC(F)F)c1CC(=O)O. The summed E-state index contributed by atoms with van der Waals surface area (Å²) in [7, 11) is 0. The van der Waals surface area contributed by atoms with Crippen LogP contribution in [0.4, 0.5) is 14.5 Å². The Morgan fingerprint density at radius 3 is 2.61 bits per heavy atom. The van der Waals surface area contributed by atoms with Crippen molar-refractivity contribution >= 4 is 11.7 Å². The summed E-state index contributed by atoms with van der Waals surface area (Å²) in [6.07, 6.45) is -0.550. The van der Waals surface area contributed by atoms with E-state index in [9.17, 15) is 23.7 Å². The number of non-ortho nitro benzene ring substituents is 1. The number of alkyl halides is 2. The lowest BCUT2D eigenvalue weighted by atomic mass is 10.0. The summed E-state index contributed by atoms with van der Waals surface area (Å²) in [6, 6.07) is 1.90. The first kappa shape index (κ1) is 13.8. The van der Waals surface area contributed by atoms with Gasteiger partial charge in [0.15, 0.2) is 0 Å². The molecule has 0 aliphatic heterocycles. The number of aryl methyl sites for hydroxylation is 1. The van der Waals surface area contributed by atoms with E-state index in [2.05, 4.69) is 4.74 Å². The van der Waals surface area contributed by atoms with Crippen molar-refractivity contribution in [2.45, 2.75) is 20.0 Å². The van der Waals surface area contributed by atoms with Crippen molar-refractivity contribution < 1.29 is 28.3 Å². The molecule has 0 saturated heterocycles. The number of ether oxygens (including phenoxy) is 1. The normalized spacial score (nSPS) is 10.4. The van der Waals surface area contributed by atoms with Crippen LogP contribution in [0.1, 0.15) is 11.1 Å². The second kappa shape index (κ2) is 5.39. The third-order valence-electron chi connectivity index (χ3n) is 2.17. The van der Waals surface area contributed by atoms with Gasteiger partial charge >= 0.3 is 12.6 Å². The summed E-state index contributed by atoms with van der Waals surface area (Å²) in [5, 5.41) is 19.2. The zero-order chi connectivity index (χ0) is 13.9. The minimum absolute atomic E-state index is 0.00611. The van der Waals surface area contributed by atoms with Gasteiger partial charge in [-0.15, -0.1) is 0 Å². The van der Waals surface area contributed by atoms with Gasteiger partial charge in [0.1, 0.15) is 5.75 Å². The molecule has 0 bridgehead atoms. The van der Waals surface area contributed by atoms with Crippen LogP contribution < -0.4 is 4.74 Å². The number of carbonyl (C=O) groups is 1. The molecule has 0 aliphatic rings. The number of hydrogen-bond donors (Lipinski definition) is 1. The smallest absolute Gasteiger partial charge is 0.387 e. The van der Waals surface area contributed by atoms with Gasteiger partial charge in [-0.2, -0.15) is 8.78 Å². The van der Waals surface area contributed by atoms with Gasteiger partial charge in [-0.3, -0.25) is 14.9 Å². The molecule has 0 unspecified atom stereocenters. The molecule has 0 amide bonds. The van der Waals surface area contributed by atoms with Crippen molar-refractivity contribution in [1.82, 2.24) is 0 Å². The fourth-order valence-corrected chi connectivity index (χ4v) is 1.45. The number of carboxylic acids is 1. The Hall–Kier alpha value is -2.25. The van der Waals surface area contributed by atoms with Crippen molar-refractivity contribution in [3.63, 3.8) is 0 Å². The van der Waals surface area contributed by atoms with Gasteiger partial charge in [0, 0.05) is 11.6 Å². The first-order chi connectivity index (χ1) is 8.31. The van der Waals surface area contributed by atoms with E-state index >= 15 is 0 Å². The summed E-state index contributed by atoms with van der Waals surface area (Å²) < 4.78 is 28.4. The maximum Gasteiger partial charge on any atom is 0.387 e. The highest BCUT2D eigenvalue weighted by Gasteiger charge is 2.19. The highest BCUT2D eigenvalue weighted by molar-refractivity contribution is 5.72. The average Bonchev–Trinajstić information content (AvgIpc) is 2.21. The molecule has 0 radical (unpaired) electrons. The molecular weight excluding hydrogens is 252 g/mol. The summed E-state index contributed by atoms with van der Waals surface area (Å²) in [5.74, 6) is -1.73. The van der Waals surface area contributed by atoms with E-state index in [1.54, 1.807) is 0 Å². The van der Waals surface area contributed by atoms with Crippen LogP contribution in [0.25, 0.3) is 0 Å². The zero-order valence-electron chi connectivity index (χ0n) is 9.22. The Bertz CT molecular complexity index is 489. The molecule has 0 fully saturated rings. The van der Waals surface area contributed by atoms with E-state index in [0.717, 1.165) is 12.1 Å². The third-order valence-corrected chi connectivity index (χ3v) is 2.17. The standard InChI is InChI=1S/C10H9F2NO5/c1-5-2-6(13(16)17)3-8(18-10(11)12)7(5)4-9(14)15/h2-3,10H,4H2,1H3,(H,14,15). The summed E-state index contributed by atoms with van der Waals surface area (Å²) in [6.45, 7) is -1.79. The number of benzene rings is 1. The average molecular weight is 261 g/mol. The topological polar surface area (TPSA) is 89.7 Å². The molecule has 8 heteroatoms. The van der Waals surface area contributed by atoms with E-state index in [1.807, 2.05) is 0 Å². The minimum atomic E-state index is -3.18. The molecular formula is C10H9F2NO5. The molecule has 0 aromatic heterocycles. The van der Waals surface area contributed by atoms with E-state index in [0.29, 0.717) is 0 Å². The van der Waals surface area contributed by atoms with Gasteiger partial charge in [0.05, 0.1) is 17.4 Å². The molecule has 0 spiro atoms. The van der Waals surface area contributed by atoms with Crippen LogP contribution in [0, 0.1) is 17.0 Å². The van der Waals surface area contributed by atoms with Gasteiger partial charge in [-0.25, -0.2) is 0 Å². The minimum Gasteiger partial charge on any atom is -0.481 e. The highest BCUT2D eigenvalue weighted by Crippen LogP contribution is 2.30. The first-order valence-corrected chi connectivity index (χ1v) is 4.75. The summed E-state index contributed by atoms with van der Waals surface area (Å²) in [5.41, 5.74) is -0.229. The number of aliphatic carboxylic acids is 1. The fraction of sp³-hybridized carbons (Fsp3) is 0.300. The lowest BCUT2D eigenvalue weighted by Gasteiger charge is -2.11. The van der Waals surface area contributed by atoms with E-state index in [1.165, 1.54) is 6.92 Å². The van der Waals surface area contributed by atoms with Gasteiger partial charge < -0.3 is 9.84 Å².